The number of carbonyl (C=O) groups is 1. The van der Waals surface area contributed by atoms with E-state index < -0.39 is 11.6 Å². The summed E-state index contributed by atoms with van der Waals surface area (Å²) in [6.45, 7) is -0.0803. The minimum Gasteiger partial charge on any atom is -0.484 e. The lowest BCUT2D eigenvalue weighted by atomic mass is 10.1. The molecule has 0 radical (unpaired) electrons. The Morgan fingerprint density at radius 3 is 2.67 bits per heavy atom. The molecule has 5 rings (SSSR count). The molecule has 0 saturated carbocycles. The lowest BCUT2D eigenvalue weighted by molar-refractivity contribution is -0.120. The first kappa shape index (κ1) is 21.0. The highest BCUT2D eigenvalue weighted by Gasteiger charge is 2.22. The number of carbonyl (C=O) groups excluding carboxylic acids is 1. The molecule has 2 aromatic heterocycles. The van der Waals surface area contributed by atoms with Crippen LogP contribution in [0.15, 0.2) is 79.1 Å². The summed E-state index contributed by atoms with van der Waals surface area (Å²) in [5.74, 6) is -1.28. The molecule has 33 heavy (non-hydrogen) atoms. The lowest BCUT2D eigenvalue weighted by Gasteiger charge is -2.20. The first-order chi connectivity index (χ1) is 16.1. The molecule has 0 aliphatic carbocycles. The number of hydrogen-bond acceptors (Lipinski definition) is 5. The van der Waals surface area contributed by atoms with Crippen LogP contribution in [0.1, 0.15) is 5.56 Å². The maximum atomic E-state index is 14.2. The minimum absolute atomic E-state index is 0.0239. The fourth-order valence-electron chi connectivity index (χ4n) is 3.48. The van der Waals surface area contributed by atoms with Gasteiger partial charge in [0.25, 0.3) is 5.91 Å². The van der Waals surface area contributed by atoms with Gasteiger partial charge in [0.05, 0.1) is 11.2 Å². The van der Waals surface area contributed by atoms with E-state index in [1.807, 2.05) is 42.5 Å². The van der Waals surface area contributed by atoms with Crippen LogP contribution in [-0.2, 0) is 11.3 Å². The zero-order chi connectivity index (χ0) is 22.8. The molecule has 2 heterocycles. The molecule has 1 amide bonds. The zero-order valence-electron chi connectivity index (χ0n) is 17.2. The second kappa shape index (κ2) is 8.91. The van der Waals surface area contributed by atoms with Gasteiger partial charge in [-0.15, -0.1) is 0 Å². The SMILES string of the molecule is O=C(COc1ccc2ccccc2c1)N(Cc1cccnc1)c1nc2c(F)cc(F)cc2s1. The number of halogens is 2. The van der Waals surface area contributed by atoms with Crippen molar-refractivity contribution in [2.24, 2.45) is 0 Å². The standard InChI is InChI=1S/C25H17F2N3O2S/c26-19-11-21(27)24-22(12-19)33-25(29-24)30(14-16-4-3-9-28-13-16)23(31)15-32-20-8-7-17-5-1-2-6-18(17)10-20/h1-13H,14-15H2. The number of pyridine rings is 1. The van der Waals surface area contributed by atoms with Crippen LogP contribution < -0.4 is 9.64 Å². The third-order valence-corrected chi connectivity index (χ3v) is 6.11. The summed E-state index contributed by atoms with van der Waals surface area (Å²) in [5, 5.41) is 2.32. The molecule has 0 bridgehead atoms. The Bertz CT molecular complexity index is 1460. The summed E-state index contributed by atoms with van der Waals surface area (Å²) in [5.41, 5.74) is 0.790. The summed E-state index contributed by atoms with van der Waals surface area (Å²) in [4.78, 5) is 23.0. The van der Waals surface area contributed by atoms with Crippen molar-refractivity contribution in [3.8, 4) is 5.75 Å². The van der Waals surface area contributed by atoms with Gasteiger partial charge in [-0.1, -0.05) is 47.7 Å². The third kappa shape index (κ3) is 4.51. The Morgan fingerprint density at radius 1 is 1.00 bits per heavy atom. The molecule has 164 valence electrons. The van der Waals surface area contributed by atoms with Crippen molar-refractivity contribution in [2.45, 2.75) is 6.54 Å². The monoisotopic (exact) mass is 461 g/mol. The van der Waals surface area contributed by atoms with E-state index >= 15 is 0 Å². The Morgan fingerprint density at radius 2 is 1.85 bits per heavy atom. The van der Waals surface area contributed by atoms with Crippen LogP contribution in [0, 0.1) is 11.6 Å². The maximum Gasteiger partial charge on any atom is 0.267 e. The van der Waals surface area contributed by atoms with E-state index in [2.05, 4.69) is 9.97 Å². The minimum atomic E-state index is -0.770. The topological polar surface area (TPSA) is 55.3 Å². The predicted molar refractivity (Wildman–Crippen MR) is 124 cm³/mol. The maximum absolute atomic E-state index is 14.2. The van der Waals surface area contributed by atoms with E-state index in [9.17, 15) is 13.6 Å². The van der Waals surface area contributed by atoms with Gasteiger partial charge in [0.15, 0.2) is 17.6 Å². The highest BCUT2D eigenvalue weighted by molar-refractivity contribution is 7.22. The van der Waals surface area contributed by atoms with Crippen LogP contribution in [0.4, 0.5) is 13.9 Å². The second-order valence-electron chi connectivity index (χ2n) is 7.37. The van der Waals surface area contributed by atoms with E-state index in [0.717, 1.165) is 33.7 Å². The van der Waals surface area contributed by atoms with E-state index in [0.29, 0.717) is 10.4 Å². The molecular formula is C25H17F2N3O2S. The quantitative estimate of drug-likeness (QED) is 0.324. The Balaban J connectivity index is 1.43. The zero-order valence-corrected chi connectivity index (χ0v) is 18.1. The first-order valence-corrected chi connectivity index (χ1v) is 10.9. The van der Waals surface area contributed by atoms with Gasteiger partial charge in [-0.05, 0) is 40.6 Å². The Hall–Kier alpha value is -3.91. The van der Waals surface area contributed by atoms with Crippen molar-refractivity contribution in [1.29, 1.82) is 0 Å². The lowest BCUT2D eigenvalue weighted by Crippen LogP contribution is -2.34. The number of thiazole rings is 1. The largest absolute Gasteiger partial charge is 0.484 e. The van der Waals surface area contributed by atoms with E-state index in [4.69, 9.17) is 4.74 Å². The highest BCUT2D eigenvalue weighted by Crippen LogP contribution is 2.32. The Kier molecular flexibility index (Phi) is 5.66. The summed E-state index contributed by atoms with van der Waals surface area (Å²) >= 11 is 1.04. The first-order valence-electron chi connectivity index (χ1n) is 10.1. The average Bonchev–Trinajstić information content (AvgIpc) is 3.25. The van der Waals surface area contributed by atoms with Gasteiger partial charge < -0.3 is 4.74 Å². The number of fused-ring (bicyclic) bond motifs is 2. The van der Waals surface area contributed by atoms with Gasteiger partial charge in [-0.2, -0.15) is 0 Å². The summed E-state index contributed by atoms with van der Waals surface area (Å²) in [6, 6.07) is 19.0. The summed E-state index contributed by atoms with van der Waals surface area (Å²) < 4.78 is 34.0. The highest BCUT2D eigenvalue weighted by atomic mass is 32.1. The fraction of sp³-hybridized carbons (Fsp3) is 0.0800. The number of rotatable bonds is 6. The van der Waals surface area contributed by atoms with E-state index in [1.165, 1.54) is 11.0 Å². The van der Waals surface area contributed by atoms with Crippen molar-refractivity contribution in [3.63, 3.8) is 0 Å². The van der Waals surface area contributed by atoms with Gasteiger partial charge in [0, 0.05) is 18.5 Å². The van der Waals surface area contributed by atoms with E-state index in [1.54, 1.807) is 24.5 Å². The van der Waals surface area contributed by atoms with Crippen molar-refractivity contribution >= 4 is 43.4 Å². The number of amides is 1. The van der Waals surface area contributed by atoms with Crippen LogP contribution in [-0.4, -0.2) is 22.5 Å². The smallest absolute Gasteiger partial charge is 0.267 e. The van der Waals surface area contributed by atoms with Gasteiger partial charge in [-0.3, -0.25) is 14.7 Å². The molecule has 5 aromatic rings. The molecule has 5 nitrogen and oxygen atoms in total. The molecule has 0 N–H and O–H groups in total. The Labute approximate surface area is 191 Å². The summed E-state index contributed by atoms with van der Waals surface area (Å²) in [6.07, 6.45) is 3.27. The molecule has 0 aliphatic rings. The number of ether oxygens (including phenoxy) is 1. The van der Waals surface area contributed by atoms with Gasteiger partial charge in [0.1, 0.15) is 17.1 Å². The van der Waals surface area contributed by atoms with Crippen molar-refractivity contribution < 1.29 is 18.3 Å². The number of hydrogen-bond donors (Lipinski definition) is 0. The number of benzene rings is 3. The number of nitrogens with zero attached hydrogens (tertiary/aromatic N) is 3. The molecule has 0 fully saturated rings. The molecular weight excluding hydrogens is 444 g/mol. The molecule has 0 spiro atoms. The van der Waals surface area contributed by atoms with E-state index in [-0.39, 0.29) is 29.7 Å². The van der Waals surface area contributed by atoms with Gasteiger partial charge >= 0.3 is 0 Å². The van der Waals surface area contributed by atoms with Crippen molar-refractivity contribution in [1.82, 2.24) is 9.97 Å². The second-order valence-corrected chi connectivity index (χ2v) is 8.38. The van der Waals surface area contributed by atoms with Crippen LogP contribution >= 0.6 is 11.3 Å². The molecule has 0 unspecified atom stereocenters. The van der Waals surface area contributed by atoms with Crippen molar-refractivity contribution in [2.75, 3.05) is 11.5 Å². The molecule has 3 aromatic carbocycles. The third-order valence-electron chi connectivity index (χ3n) is 5.08. The average molecular weight is 461 g/mol. The normalized spacial score (nSPS) is 11.1. The molecule has 0 saturated heterocycles. The van der Waals surface area contributed by atoms with Gasteiger partial charge in [0.2, 0.25) is 0 Å². The molecule has 0 aliphatic heterocycles. The summed E-state index contributed by atoms with van der Waals surface area (Å²) in [7, 11) is 0. The number of anilines is 1. The van der Waals surface area contributed by atoms with Crippen molar-refractivity contribution in [3.05, 3.63) is 96.3 Å². The van der Waals surface area contributed by atoms with Crippen LogP contribution in [0.5, 0.6) is 5.75 Å². The molecule has 8 heteroatoms. The van der Waals surface area contributed by atoms with Gasteiger partial charge in [-0.25, -0.2) is 13.8 Å². The fourth-order valence-corrected chi connectivity index (χ4v) is 4.50. The van der Waals surface area contributed by atoms with Crippen LogP contribution in [0.2, 0.25) is 0 Å². The van der Waals surface area contributed by atoms with Crippen LogP contribution in [0.25, 0.3) is 21.0 Å². The number of aromatic nitrogens is 2. The van der Waals surface area contributed by atoms with Crippen LogP contribution in [0.3, 0.4) is 0 Å². The molecule has 0 atom stereocenters. The predicted octanol–water partition coefficient (Wildman–Crippen LogP) is 5.73.